The fraction of sp³-hybridized carbons (Fsp3) is 0.129. The summed E-state index contributed by atoms with van der Waals surface area (Å²) in [5, 5.41) is 3.56. The third kappa shape index (κ3) is 5.90. The lowest BCUT2D eigenvalue weighted by atomic mass is 10.00. The molecule has 11 heteroatoms. The van der Waals surface area contributed by atoms with Crippen molar-refractivity contribution in [3.8, 4) is 11.1 Å². The quantitative estimate of drug-likeness (QED) is 0.198. The van der Waals surface area contributed by atoms with Crippen LogP contribution in [0.25, 0.3) is 22.0 Å². The second-order valence-electron chi connectivity index (χ2n) is 9.33. The van der Waals surface area contributed by atoms with E-state index in [1.54, 1.807) is 55.6 Å². The van der Waals surface area contributed by atoms with Gasteiger partial charge in [0.2, 0.25) is 0 Å². The number of amides is 1. The van der Waals surface area contributed by atoms with E-state index in [9.17, 15) is 18.0 Å². The molecule has 1 amide bonds. The highest BCUT2D eigenvalue weighted by Crippen LogP contribution is 2.33. The Kier molecular flexibility index (Phi) is 8.63. The van der Waals surface area contributed by atoms with Crippen molar-refractivity contribution in [1.29, 1.82) is 0 Å². The third-order valence-electron chi connectivity index (χ3n) is 6.64. The zero-order valence-corrected chi connectivity index (χ0v) is 24.7. The number of nitrogens with one attached hydrogen (secondary N) is 1. The van der Waals surface area contributed by atoms with Gasteiger partial charge in [-0.05, 0) is 36.2 Å². The molecule has 1 N–H and O–H groups in total. The second-order valence-corrected chi connectivity index (χ2v) is 12.0. The van der Waals surface area contributed by atoms with E-state index < -0.39 is 27.9 Å². The van der Waals surface area contributed by atoms with Crippen LogP contribution in [0.5, 0.6) is 0 Å². The second kappa shape index (κ2) is 12.4. The van der Waals surface area contributed by atoms with Crippen LogP contribution in [0.2, 0.25) is 10.0 Å². The molecule has 0 aliphatic heterocycles. The average molecular weight is 623 g/mol. The first-order valence-corrected chi connectivity index (χ1v) is 15.2. The number of carbonyl (C=O) groups excluding carboxylic acids is 2. The van der Waals surface area contributed by atoms with E-state index in [0.29, 0.717) is 5.52 Å². The number of halogens is 2. The SMILES string of the molecule is CCOC(=O)[C@H](Cc1ccc(-c2cn(S(=O)(=O)c3ccccc3)c3ccccc23)cc1)NC(=O)c1c(Cl)cncc1Cl. The number of para-hydroxylation sites is 1. The predicted molar refractivity (Wildman–Crippen MR) is 162 cm³/mol. The predicted octanol–water partition coefficient (Wildman–Crippen LogP) is 6.15. The monoisotopic (exact) mass is 621 g/mol. The van der Waals surface area contributed by atoms with Crippen LogP contribution >= 0.6 is 23.2 Å². The molecule has 0 spiro atoms. The zero-order valence-electron chi connectivity index (χ0n) is 22.3. The van der Waals surface area contributed by atoms with Crippen molar-refractivity contribution in [3.05, 3.63) is 119 Å². The maximum Gasteiger partial charge on any atom is 0.328 e. The van der Waals surface area contributed by atoms with E-state index in [-0.39, 0.29) is 33.5 Å². The molecule has 5 rings (SSSR count). The molecule has 0 saturated heterocycles. The minimum atomic E-state index is -3.83. The number of nitrogens with zero attached hydrogens (tertiary/aromatic N) is 2. The largest absolute Gasteiger partial charge is 0.464 e. The molecule has 0 aliphatic carbocycles. The van der Waals surface area contributed by atoms with Crippen LogP contribution in [0, 0.1) is 0 Å². The van der Waals surface area contributed by atoms with Crippen molar-refractivity contribution in [2.75, 3.05) is 6.61 Å². The molecule has 214 valence electrons. The Labute approximate surface area is 252 Å². The fourth-order valence-electron chi connectivity index (χ4n) is 4.64. The number of hydrogen-bond acceptors (Lipinski definition) is 6. The van der Waals surface area contributed by atoms with Gasteiger partial charge < -0.3 is 10.1 Å². The number of aromatic nitrogens is 2. The summed E-state index contributed by atoms with van der Waals surface area (Å²) in [7, 11) is -3.83. The number of rotatable bonds is 9. The van der Waals surface area contributed by atoms with Gasteiger partial charge in [-0.3, -0.25) is 9.78 Å². The van der Waals surface area contributed by atoms with Gasteiger partial charge in [0.1, 0.15) is 6.04 Å². The molecule has 0 aliphatic rings. The standard InChI is InChI=1S/C31H25Cl2N3O5S/c1-2-41-31(38)27(35-30(37)29-25(32)17-34-18-26(29)33)16-20-12-14-21(15-13-20)24-19-36(28-11-7-6-10-23(24)28)42(39,40)22-8-4-3-5-9-22/h3-15,17-19,27H,2,16H2,1H3,(H,35,37)/t27-/m0/s1. The van der Waals surface area contributed by atoms with Crippen molar-refractivity contribution in [2.45, 2.75) is 24.3 Å². The Morgan fingerprint density at radius 2 is 1.57 bits per heavy atom. The Morgan fingerprint density at radius 3 is 2.24 bits per heavy atom. The Balaban J connectivity index is 1.44. The number of ether oxygens (including phenoxy) is 1. The average Bonchev–Trinajstić information content (AvgIpc) is 3.38. The number of pyridine rings is 1. The highest BCUT2D eigenvalue weighted by molar-refractivity contribution is 7.90. The molecule has 0 saturated carbocycles. The summed E-state index contributed by atoms with van der Waals surface area (Å²) in [6, 6.07) is 21.9. The third-order valence-corrected chi connectivity index (χ3v) is 8.90. The van der Waals surface area contributed by atoms with Crippen molar-refractivity contribution < 1.29 is 22.7 Å². The maximum atomic E-state index is 13.5. The number of hydrogen-bond donors (Lipinski definition) is 1. The summed E-state index contributed by atoms with van der Waals surface area (Å²) in [6.07, 6.45) is 4.34. The first-order valence-electron chi connectivity index (χ1n) is 13.0. The molecule has 0 unspecified atom stereocenters. The van der Waals surface area contributed by atoms with E-state index in [2.05, 4.69) is 10.3 Å². The molecule has 1 atom stereocenters. The van der Waals surface area contributed by atoms with Crippen LogP contribution in [-0.2, 0) is 26.0 Å². The van der Waals surface area contributed by atoms with Gasteiger partial charge in [-0.25, -0.2) is 17.2 Å². The first-order chi connectivity index (χ1) is 20.2. The van der Waals surface area contributed by atoms with Crippen LogP contribution in [0.15, 0.2) is 102 Å². The van der Waals surface area contributed by atoms with Gasteiger partial charge >= 0.3 is 5.97 Å². The molecule has 3 aromatic carbocycles. The summed E-state index contributed by atoms with van der Waals surface area (Å²) >= 11 is 12.3. The summed E-state index contributed by atoms with van der Waals surface area (Å²) in [5.74, 6) is -1.24. The normalized spacial score (nSPS) is 12.2. The van der Waals surface area contributed by atoms with E-state index in [0.717, 1.165) is 22.1 Å². The van der Waals surface area contributed by atoms with Crippen molar-refractivity contribution in [3.63, 3.8) is 0 Å². The molecule has 0 fully saturated rings. The van der Waals surface area contributed by atoms with E-state index in [1.165, 1.54) is 16.4 Å². The van der Waals surface area contributed by atoms with Crippen LogP contribution in [-0.4, -0.2) is 41.9 Å². The summed E-state index contributed by atoms with van der Waals surface area (Å²) in [5.41, 5.74) is 2.82. The van der Waals surface area contributed by atoms with Crippen LogP contribution in [0.1, 0.15) is 22.8 Å². The summed E-state index contributed by atoms with van der Waals surface area (Å²) in [6.45, 7) is 1.81. The zero-order chi connectivity index (χ0) is 29.9. The highest BCUT2D eigenvalue weighted by Gasteiger charge is 2.26. The topological polar surface area (TPSA) is 107 Å². The number of benzene rings is 3. The Morgan fingerprint density at radius 1 is 0.929 bits per heavy atom. The van der Waals surface area contributed by atoms with Gasteiger partial charge in [0.25, 0.3) is 15.9 Å². The molecule has 0 bridgehead atoms. The van der Waals surface area contributed by atoms with Crippen molar-refractivity contribution >= 4 is 56.0 Å². The first kappa shape index (κ1) is 29.3. The minimum Gasteiger partial charge on any atom is -0.464 e. The molecular weight excluding hydrogens is 597 g/mol. The molecule has 2 aromatic heterocycles. The molecule has 5 aromatic rings. The number of fused-ring (bicyclic) bond motifs is 1. The lowest BCUT2D eigenvalue weighted by Crippen LogP contribution is -2.43. The van der Waals surface area contributed by atoms with Crippen LogP contribution in [0.4, 0.5) is 0 Å². The van der Waals surface area contributed by atoms with E-state index in [1.807, 2.05) is 36.4 Å². The summed E-state index contributed by atoms with van der Waals surface area (Å²) < 4.78 is 33.5. The lowest BCUT2D eigenvalue weighted by molar-refractivity contribution is -0.145. The fourth-order valence-corrected chi connectivity index (χ4v) is 6.56. The van der Waals surface area contributed by atoms with Gasteiger partial charge in [-0.1, -0.05) is 83.9 Å². The van der Waals surface area contributed by atoms with E-state index in [4.69, 9.17) is 27.9 Å². The number of esters is 1. The molecule has 2 heterocycles. The van der Waals surface area contributed by atoms with Crippen molar-refractivity contribution in [2.24, 2.45) is 0 Å². The molecular formula is C31H25Cl2N3O5S. The highest BCUT2D eigenvalue weighted by atomic mass is 35.5. The van der Waals surface area contributed by atoms with E-state index >= 15 is 0 Å². The van der Waals surface area contributed by atoms with Gasteiger partial charge in [-0.15, -0.1) is 0 Å². The molecule has 0 radical (unpaired) electrons. The lowest BCUT2D eigenvalue weighted by Gasteiger charge is -2.18. The summed E-state index contributed by atoms with van der Waals surface area (Å²) in [4.78, 5) is 29.8. The minimum absolute atomic E-state index is 0.0137. The smallest absolute Gasteiger partial charge is 0.328 e. The number of carbonyl (C=O) groups is 2. The molecule has 42 heavy (non-hydrogen) atoms. The van der Waals surface area contributed by atoms with Gasteiger partial charge in [0.05, 0.1) is 32.6 Å². The van der Waals surface area contributed by atoms with Gasteiger partial charge in [0.15, 0.2) is 0 Å². The molecule has 8 nitrogen and oxygen atoms in total. The van der Waals surface area contributed by atoms with Gasteiger partial charge in [-0.2, -0.15) is 0 Å². The van der Waals surface area contributed by atoms with Crippen LogP contribution < -0.4 is 5.32 Å². The van der Waals surface area contributed by atoms with Gasteiger partial charge in [0, 0.05) is 36.0 Å². The van der Waals surface area contributed by atoms with Crippen LogP contribution in [0.3, 0.4) is 0 Å². The maximum absolute atomic E-state index is 13.5. The Hall–Kier alpha value is -4.18. The Bertz CT molecular complexity index is 1850. The van der Waals surface area contributed by atoms with Crippen molar-refractivity contribution in [1.82, 2.24) is 14.3 Å².